The molecule has 0 aromatic carbocycles. The Labute approximate surface area is 58.7 Å². The zero-order chi connectivity index (χ0) is 7.40. The van der Waals surface area contributed by atoms with Crippen molar-refractivity contribution < 1.29 is 9.13 Å². The summed E-state index contributed by atoms with van der Waals surface area (Å²) in [5.74, 6) is 0.336. The number of aromatic nitrogens is 1. The molecular formula is C7H8FNO. The van der Waals surface area contributed by atoms with Gasteiger partial charge in [0.1, 0.15) is 0 Å². The zero-order valence-electron chi connectivity index (χ0n) is 5.67. The quantitative estimate of drug-likeness (QED) is 0.625. The molecule has 0 amide bonds. The van der Waals surface area contributed by atoms with Crippen molar-refractivity contribution in [1.82, 2.24) is 4.98 Å². The van der Waals surface area contributed by atoms with Gasteiger partial charge < -0.3 is 4.74 Å². The van der Waals surface area contributed by atoms with Gasteiger partial charge in [0.25, 0.3) is 0 Å². The molecule has 1 rings (SSSR count). The number of aryl methyl sites for hydroxylation is 1. The van der Waals surface area contributed by atoms with Crippen molar-refractivity contribution >= 4 is 0 Å². The van der Waals surface area contributed by atoms with Gasteiger partial charge in [0, 0.05) is 11.8 Å². The first-order valence-electron chi connectivity index (χ1n) is 2.95. The van der Waals surface area contributed by atoms with E-state index in [9.17, 15) is 4.39 Å². The standard InChI is InChI=1S/C7H8FNO/c1-6-3-2-4-7(9-6)10-5-8/h2-4H,5H2,1H3. The largest absolute Gasteiger partial charge is 0.446 e. The fourth-order valence-corrected chi connectivity index (χ4v) is 0.654. The number of halogens is 1. The summed E-state index contributed by atoms with van der Waals surface area (Å²) >= 11 is 0. The van der Waals surface area contributed by atoms with Crippen molar-refractivity contribution in [3.05, 3.63) is 23.9 Å². The maximum Gasteiger partial charge on any atom is 0.230 e. The third-order valence-electron chi connectivity index (χ3n) is 1.07. The van der Waals surface area contributed by atoms with Gasteiger partial charge >= 0.3 is 0 Å². The highest BCUT2D eigenvalue weighted by molar-refractivity contribution is 5.14. The maximum atomic E-state index is 11.5. The summed E-state index contributed by atoms with van der Waals surface area (Å²) in [4.78, 5) is 3.90. The molecule has 0 radical (unpaired) electrons. The van der Waals surface area contributed by atoms with Gasteiger partial charge in [0.05, 0.1) is 0 Å². The molecule has 0 aliphatic heterocycles. The Morgan fingerprint density at radius 3 is 3.00 bits per heavy atom. The number of pyridine rings is 1. The van der Waals surface area contributed by atoms with Crippen molar-refractivity contribution in [2.45, 2.75) is 6.92 Å². The predicted molar refractivity (Wildman–Crippen MR) is 35.6 cm³/mol. The molecule has 0 unspecified atom stereocenters. The van der Waals surface area contributed by atoms with Crippen LogP contribution in [0.5, 0.6) is 5.88 Å². The summed E-state index contributed by atoms with van der Waals surface area (Å²) in [7, 11) is 0. The van der Waals surface area contributed by atoms with E-state index in [4.69, 9.17) is 0 Å². The van der Waals surface area contributed by atoms with Gasteiger partial charge in [0.15, 0.2) is 0 Å². The number of hydrogen-bond acceptors (Lipinski definition) is 2. The van der Waals surface area contributed by atoms with Crippen LogP contribution in [0.3, 0.4) is 0 Å². The number of hydrogen-bond donors (Lipinski definition) is 0. The van der Waals surface area contributed by atoms with Crippen LogP contribution in [0.15, 0.2) is 18.2 Å². The highest BCUT2D eigenvalue weighted by atomic mass is 19.1. The molecule has 0 spiro atoms. The normalized spacial score (nSPS) is 9.40. The van der Waals surface area contributed by atoms with Crippen LogP contribution in [-0.2, 0) is 0 Å². The molecule has 2 nitrogen and oxygen atoms in total. The minimum Gasteiger partial charge on any atom is -0.446 e. The summed E-state index contributed by atoms with van der Waals surface area (Å²) in [5, 5.41) is 0. The summed E-state index contributed by atoms with van der Waals surface area (Å²) in [6, 6.07) is 5.21. The number of rotatable bonds is 2. The average Bonchev–Trinajstić information content (AvgIpc) is 1.88. The van der Waals surface area contributed by atoms with E-state index in [2.05, 4.69) is 9.72 Å². The highest BCUT2D eigenvalue weighted by Gasteiger charge is 1.91. The lowest BCUT2D eigenvalue weighted by molar-refractivity contribution is 0.184. The van der Waals surface area contributed by atoms with E-state index in [1.807, 2.05) is 13.0 Å². The summed E-state index contributed by atoms with van der Waals surface area (Å²) < 4.78 is 16.1. The van der Waals surface area contributed by atoms with E-state index < -0.39 is 6.86 Å². The first-order valence-corrected chi connectivity index (χ1v) is 2.95. The lowest BCUT2D eigenvalue weighted by Crippen LogP contribution is -1.93. The van der Waals surface area contributed by atoms with Gasteiger partial charge in [0.2, 0.25) is 12.7 Å². The first-order chi connectivity index (χ1) is 4.83. The predicted octanol–water partition coefficient (Wildman–Crippen LogP) is 1.70. The molecule has 10 heavy (non-hydrogen) atoms. The molecule has 54 valence electrons. The number of alkyl halides is 1. The molecule has 0 aliphatic rings. The van der Waals surface area contributed by atoms with E-state index in [0.717, 1.165) is 5.69 Å². The van der Waals surface area contributed by atoms with Gasteiger partial charge in [-0.2, -0.15) is 0 Å². The Bertz CT molecular complexity index is 215. The second-order valence-electron chi connectivity index (χ2n) is 1.87. The lowest BCUT2D eigenvalue weighted by Gasteiger charge is -1.98. The molecule has 0 bridgehead atoms. The van der Waals surface area contributed by atoms with Crippen LogP contribution in [0.4, 0.5) is 4.39 Å². The van der Waals surface area contributed by atoms with Crippen LogP contribution < -0.4 is 4.74 Å². The maximum absolute atomic E-state index is 11.5. The summed E-state index contributed by atoms with van der Waals surface area (Å²) in [6.07, 6.45) is 0. The fraction of sp³-hybridized carbons (Fsp3) is 0.286. The smallest absolute Gasteiger partial charge is 0.230 e. The van der Waals surface area contributed by atoms with Crippen molar-refractivity contribution in [1.29, 1.82) is 0 Å². The Hall–Kier alpha value is -1.12. The topological polar surface area (TPSA) is 22.1 Å². The minimum absolute atomic E-state index is 0.336. The monoisotopic (exact) mass is 141 g/mol. The van der Waals surface area contributed by atoms with Crippen molar-refractivity contribution in [2.75, 3.05) is 6.86 Å². The molecule has 0 N–H and O–H groups in total. The Kier molecular flexibility index (Phi) is 2.20. The van der Waals surface area contributed by atoms with Crippen LogP contribution in [0.1, 0.15) is 5.69 Å². The minimum atomic E-state index is -0.823. The molecule has 0 saturated heterocycles. The molecule has 0 saturated carbocycles. The van der Waals surface area contributed by atoms with Crippen LogP contribution >= 0.6 is 0 Å². The zero-order valence-corrected chi connectivity index (χ0v) is 5.67. The van der Waals surface area contributed by atoms with Crippen LogP contribution in [-0.4, -0.2) is 11.8 Å². The molecule has 0 aliphatic carbocycles. The van der Waals surface area contributed by atoms with Crippen molar-refractivity contribution in [3.8, 4) is 5.88 Å². The highest BCUT2D eigenvalue weighted by Crippen LogP contribution is 2.05. The Balaban J connectivity index is 2.75. The summed E-state index contributed by atoms with van der Waals surface area (Å²) in [6.45, 7) is 1.00. The molecule has 3 heteroatoms. The molecule has 1 aromatic rings. The summed E-state index contributed by atoms with van der Waals surface area (Å²) in [5.41, 5.74) is 0.825. The van der Waals surface area contributed by atoms with Crippen LogP contribution in [0.2, 0.25) is 0 Å². The average molecular weight is 141 g/mol. The van der Waals surface area contributed by atoms with Crippen molar-refractivity contribution in [2.24, 2.45) is 0 Å². The molecule has 0 atom stereocenters. The molecule has 1 aromatic heterocycles. The Morgan fingerprint density at radius 2 is 2.40 bits per heavy atom. The van der Waals surface area contributed by atoms with E-state index in [-0.39, 0.29) is 0 Å². The van der Waals surface area contributed by atoms with Crippen molar-refractivity contribution in [3.63, 3.8) is 0 Å². The third-order valence-corrected chi connectivity index (χ3v) is 1.07. The second-order valence-corrected chi connectivity index (χ2v) is 1.87. The van der Waals surface area contributed by atoms with Gasteiger partial charge in [-0.3, -0.25) is 0 Å². The SMILES string of the molecule is Cc1cccc(OCF)n1. The Morgan fingerprint density at radius 1 is 1.60 bits per heavy atom. The van der Waals surface area contributed by atoms with Gasteiger partial charge in [-0.25, -0.2) is 9.37 Å². The van der Waals surface area contributed by atoms with E-state index in [1.54, 1.807) is 12.1 Å². The molecule has 1 heterocycles. The van der Waals surface area contributed by atoms with Gasteiger partial charge in [-0.15, -0.1) is 0 Å². The van der Waals surface area contributed by atoms with E-state index in [0.29, 0.717) is 5.88 Å². The van der Waals surface area contributed by atoms with Gasteiger partial charge in [-0.05, 0) is 13.0 Å². The lowest BCUT2D eigenvalue weighted by atomic mass is 10.4. The fourth-order valence-electron chi connectivity index (χ4n) is 0.654. The molecule has 0 fully saturated rings. The van der Waals surface area contributed by atoms with E-state index >= 15 is 0 Å². The molecular weight excluding hydrogens is 133 g/mol. The van der Waals surface area contributed by atoms with Crippen LogP contribution in [0.25, 0.3) is 0 Å². The second kappa shape index (κ2) is 3.15. The first kappa shape index (κ1) is 6.99. The number of nitrogens with zero attached hydrogens (tertiary/aromatic N) is 1. The van der Waals surface area contributed by atoms with Crippen LogP contribution in [0, 0.1) is 6.92 Å². The van der Waals surface area contributed by atoms with E-state index in [1.165, 1.54) is 0 Å². The number of ether oxygens (including phenoxy) is 1. The van der Waals surface area contributed by atoms with Gasteiger partial charge in [-0.1, -0.05) is 6.07 Å². The third kappa shape index (κ3) is 1.69.